The Kier molecular flexibility index (Phi) is 5.38. The molecule has 0 amide bonds. The highest BCUT2D eigenvalue weighted by Crippen LogP contribution is 2.21. The minimum Gasteiger partial charge on any atom is -0.229 e. The van der Waals surface area contributed by atoms with E-state index in [-0.39, 0.29) is 18.2 Å². The van der Waals surface area contributed by atoms with Crippen molar-refractivity contribution in [3.63, 3.8) is 0 Å². The first-order valence-corrected chi connectivity index (χ1v) is 10.2. The molecule has 2 rings (SSSR count). The van der Waals surface area contributed by atoms with Gasteiger partial charge in [0.25, 0.3) is 0 Å². The second kappa shape index (κ2) is 6.91. The lowest BCUT2D eigenvalue weighted by molar-refractivity contribution is 0.285. The van der Waals surface area contributed by atoms with Gasteiger partial charge in [-0.05, 0) is 30.4 Å². The molecule has 1 fully saturated rings. The zero-order chi connectivity index (χ0) is 16.2. The topological polar surface area (TPSA) is 97.5 Å². The van der Waals surface area contributed by atoms with Gasteiger partial charge in [-0.25, -0.2) is 22.0 Å². The van der Waals surface area contributed by atoms with E-state index in [4.69, 9.17) is 5.14 Å². The third-order valence-corrected chi connectivity index (χ3v) is 6.01. The Hall–Kier alpha value is -1.22. The molecule has 0 radical (unpaired) electrons. The summed E-state index contributed by atoms with van der Waals surface area (Å²) in [6, 6.07) is 9.14. The lowest BCUT2D eigenvalue weighted by Gasteiger charge is -2.30. The number of benzene rings is 1. The molecule has 0 saturated carbocycles. The minimum absolute atomic E-state index is 0.179. The van der Waals surface area contributed by atoms with E-state index in [1.165, 1.54) is 9.71 Å². The summed E-state index contributed by atoms with van der Waals surface area (Å²) in [7, 11) is -7.14. The van der Waals surface area contributed by atoms with Crippen molar-refractivity contribution in [3.8, 4) is 0 Å². The number of hydrogen-bond donors (Lipinski definition) is 1. The molecule has 22 heavy (non-hydrogen) atoms. The Balaban J connectivity index is 2.07. The lowest BCUT2D eigenvalue weighted by atomic mass is 10.0. The summed E-state index contributed by atoms with van der Waals surface area (Å²) in [5, 5.41) is 6.21. The van der Waals surface area contributed by atoms with Crippen molar-refractivity contribution in [2.45, 2.75) is 12.8 Å². The van der Waals surface area contributed by atoms with Crippen LogP contribution < -0.4 is 5.14 Å². The van der Waals surface area contributed by atoms with Gasteiger partial charge >= 0.3 is 0 Å². The summed E-state index contributed by atoms with van der Waals surface area (Å²) in [5.74, 6) is -0.426. The molecule has 1 saturated heterocycles. The van der Waals surface area contributed by atoms with Crippen LogP contribution in [-0.2, 0) is 20.0 Å². The molecule has 0 bridgehead atoms. The van der Waals surface area contributed by atoms with E-state index in [1.54, 1.807) is 6.08 Å². The smallest absolute Gasteiger partial charge is 0.229 e. The van der Waals surface area contributed by atoms with E-state index in [0.717, 1.165) is 5.56 Å². The molecule has 1 aliphatic heterocycles. The minimum atomic E-state index is -3.59. The number of sulfonamides is 2. The van der Waals surface area contributed by atoms with Gasteiger partial charge < -0.3 is 0 Å². The van der Waals surface area contributed by atoms with E-state index in [1.807, 2.05) is 30.3 Å². The van der Waals surface area contributed by atoms with E-state index >= 15 is 0 Å². The van der Waals surface area contributed by atoms with Gasteiger partial charge in [0.15, 0.2) is 0 Å². The third-order valence-electron chi connectivity index (χ3n) is 3.54. The van der Waals surface area contributed by atoms with Crippen LogP contribution in [0.3, 0.4) is 0 Å². The first kappa shape index (κ1) is 17.1. The molecule has 8 heteroatoms. The molecule has 2 N–H and O–H groups in total. The largest absolute Gasteiger partial charge is 0.236 e. The molecule has 6 nitrogen and oxygen atoms in total. The summed E-state index contributed by atoms with van der Waals surface area (Å²) in [6.45, 7) is 0.598. The Morgan fingerprint density at radius 1 is 1.18 bits per heavy atom. The van der Waals surface area contributed by atoms with Crippen LogP contribution in [0.5, 0.6) is 0 Å². The van der Waals surface area contributed by atoms with Gasteiger partial charge in [-0.3, -0.25) is 0 Å². The second-order valence-electron chi connectivity index (χ2n) is 5.45. The molecule has 0 aromatic heterocycles. The van der Waals surface area contributed by atoms with Crippen LogP contribution in [0.25, 0.3) is 6.08 Å². The monoisotopic (exact) mass is 344 g/mol. The van der Waals surface area contributed by atoms with Gasteiger partial charge in [0.1, 0.15) is 0 Å². The highest BCUT2D eigenvalue weighted by Gasteiger charge is 2.29. The Morgan fingerprint density at radius 3 is 2.50 bits per heavy atom. The normalized spacial score (nSPS) is 21.2. The molecular formula is C14H20N2O4S2. The Bertz CT molecular complexity index is 727. The summed E-state index contributed by atoms with van der Waals surface area (Å²) >= 11 is 0. The van der Waals surface area contributed by atoms with Gasteiger partial charge in [0, 0.05) is 18.5 Å². The number of piperidine rings is 1. The van der Waals surface area contributed by atoms with Crippen LogP contribution in [0.4, 0.5) is 0 Å². The standard InChI is InChI=1S/C14H20N2O4S2/c15-21(17,18)12-14-7-4-9-16(11-14)22(19,20)10-8-13-5-2-1-3-6-13/h1-3,5-6,8,10,14H,4,7,9,11-12H2,(H2,15,17,18)/b10-8-/t14-/m0/s1. The first-order chi connectivity index (χ1) is 10.3. The van der Waals surface area contributed by atoms with Gasteiger partial charge in [-0.1, -0.05) is 30.3 Å². The number of primary sulfonamides is 1. The fourth-order valence-electron chi connectivity index (χ4n) is 2.54. The predicted molar refractivity (Wildman–Crippen MR) is 86.7 cm³/mol. The molecule has 0 unspecified atom stereocenters. The highest BCUT2D eigenvalue weighted by molar-refractivity contribution is 7.92. The van der Waals surface area contributed by atoms with Crippen LogP contribution in [-0.4, -0.2) is 40.0 Å². The van der Waals surface area contributed by atoms with Crippen molar-refractivity contribution in [1.29, 1.82) is 0 Å². The molecule has 1 heterocycles. The van der Waals surface area contributed by atoms with Crippen molar-refractivity contribution in [2.75, 3.05) is 18.8 Å². The van der Waals surface area contributed by atoms with E-state index in [9.17, 15) is 16.8 Å². The SMILES string of the molecule is NS(=O)(=O)C[C@H]1CCCN(S(=O)(=O)/C=C\c2ccccc2)C1. The molecule has 122 valence electrons. The Morgan fingerprint density at radius 2 is 1.86 bits per heavy atom. The fraction of sp³-hybridized carbons (Fsp3) is 0.429. The lowest BCUT2D eigenvalue weighted by Crippen LogP contribution is -2.41. The number of rotatable bonds is 5. The summed E-state index contributed by atoms with van der Waals surface area (Å²) in [5.41, 5.74) is 0.796. The molecule has 1 aromatic carbocycles. The van der Waals surface area contributed by atoms with Crippen molar-refractivity contribution >= 4 is 26.1 Å². The maximum absolute atomic E-state index is 12.3. The quantitative estimate of drug-likeness (QED) is 0.861. The molecule has 1 atom stereocenters. The predicted octanol–water partition coefficient (Wildman–Crippen LogP) is 0.988. The van der Waals surface area contributed by atoms with Crippen molar-refractivity contribution in [2.24, 2.45) is 11.1 Å². The summed E-state index contributed by atoms with van der Waals surface area (Å²) in [4.78, 5) is 0. The van der Waals surface area contributed by atoms with Crippen LogP contribution in [0.2, 0.25) is 0 Å². The molecule has 0 aliphatic carbocycles. The van der Waals surface area contributed by atoms with Crippen molar-refractivity contribution < 1.29 is 16.8 Å². The number of hydrogen-bond acceptors (Lipinski definition) is 4. The van der Waals surface area contributed by atoms with Gasteiger partial charge in [0.05, 0.1) is 5.75 Å². The maximum atomic E-state index is 12.3. The number of nitrogens with two attached hydrogens (primary N) is 1. The van der Waals surface area contributed by atoms with Crippen LogP contribution in [0, 0.1) is 5.92 Å². The summed E-state index contributed by atoms with van der Waals surface area (Å²) in [6.07, 6.45) is 2.85. The second-order valence-corrected chi connectivity index (χ2v) is 8.93. The van der Waals surface area contributed by atoms with Crippen LogP contribution in [0.15, 0.2) is 35.7 Å². The van der Waals surface area contributed by atoms with Gasteiger partial charge in [-0.2, -0.15) is 4.31 Å². The molecule has 1 aromatic rings. The molecular weight excluding hydrogens is 324 g/mol. The maximum Gasteiger partial charge on any atom is 0.236 e. The molecule has 1 aliphatic rings. The Labute approximate surface area is 131 Å². The fourth-order valence-corrected chi connectivity index (χ4v) is 4.77. The summed E-state index contributed by atoms with van der Waals surface area (Å²) < 4.78 is 48.3. The highest BCUT2D eigenvalue weighted by atomic mass is 32.2. The van der Waals surface area contributed by atoms with Crippen LogP contribution >= 0.6 is 0 Å². The third kappa shape index (κ3) is 5.20. The average Bonchev–Trinajstić information content (AvgIpc) is 2.45. The zero-order valence-corrected chi connectivity index (χ0v) is 13.8. The van der Waals surface area contributed by atoms with E-state index in [0.29, 0.717) is 19.4 Å². The average molecular weight is 344 g/mol. The zero-order valence-electron chi connectivity index (χ0n) is 12.1. The van der Waals surface area contributed by atoms with E-state index < -0.39 is 20.0 Å². The first-order valence-electron chi connectivity index (χ1n) is 7.00. The van der Waals surface area contributed by atoms with Crippen molar-refractivity contribution in [3.05, 3.63) is 41.3 Å². The van der Waals surface area contributed by atoms with Gasteiger partial charge in [-0.15, -0.1) is 0 Å². The van der Waals surface area contributed by atoms with Crippen LogP contribution in [0.1, 0.15) is 18.4 Å². The van der Waals surface area contributed by atoms with Gasteiger partial charge in [0.2, 0.25) is 20.0 Å². The van der Waals surface area contributed by atoms with Crippen molar-refractivity contribution in [1.82, 2.24) is 4.31 Å². The van der Waals surface area contributed by atoms with E-state index in [2.05, 4.69) is 0 Å². The number of nitrogens with zero attached hydrogens (tertiary/aromatic N) is 1. The molecule has 0 spiro atoms.